The smallest absolute Gasteiger partial charge is 0.267 e. The molecule has 5 nitrogen and oxygen atoms in total. The van der Waals surface area contributed by atoms with E-state index in [9.17, 15) is 9.18 Å². The number of primary amides is 1. The van der Waals surface area contributed by atoms with Crippen LogP contribution in [0, 0.1) is 5.82 Å². The van der Waals surface area contributed by atoms with Crippen molar-refractivity contribution in [2.24, 2.45) is 5.73 Å². The maximum Gasteiger partial charge on any atom is 0.267 e. The van der Waals surface area contributed by atoms with Gasteiger partial charge in [0.15, 0.2) is 0 Å². The summed E-state index contributed by atoms with van der Waals surface area (Å²) in [5.41, 5.74) is 8.98. The molecule has 29 heavy (non-hydrogen) atoms. The molecule has 2 aromatic carbocycles. The number of benzene rings is 2. The first-order chi connectivity index (χ1) is 13.9. The van der Waals surface area contributed by atoms with Crippen molar-refractivity contribution in [1.82, 2.24) is 14.5 Å². The number of carbonyl (C=O) groups excluding carboxylic acids is 1. The standard InChI is InChI=1S/C23H21FN4O/c1-14(2)23-26-9-10-28(23)13-15-3-8-18-19(16-4-6-17(24)7-5-16)12-21(22(25)29)27-20(18)11-15/h3-12,14H,13H2,1-2H3,(H2,25,29). The molecule has 0 atom stereocenters. The van der Waals surface area contributed by atoms with Crippen molar-refractivity contribution in [2.75, 3.05) is 0 Å². The fourth-order valence-electron chi connectivity index (χ4n) is 3.52. The molecule has 0 unspecified atom stereocenters. The van der Waals surface area contributed by atoms with Gasteiger partial charge in [-0.05, 0) is 41.0 Å². The summed E-state index contributed by atoms with van der Waals surface area (Å²) in [5.74, 6) is 0.411. The van der Waals surface area contributed by atoms with E-state index in [0.717, 1.165) is 27.9 Å². The molecule has 0 saturated heterocycles. The molecule has 0 saturated carbocycles. The van der Waals surface area contributed by atoms with Crippen LogP contribution in [0.4, 0.5) is 4.39 Å². The molecule has 146 valence electrons. The highest BCUT2D eigenvalue weighted by Gasteiger charge is 2.13. The van der Waals surface area contributed by atoms with Crippen molar-refractivity contribution in [3.63, 3.8) is 0 Å². The number of amides is 1. The molecule has 0 bridgehead atoms. The molecule has 2 aromatic heterocycles. The van der Waals surface area contributed by atoms with Gasteiger partial charge in [0.1, 0.15) is 17.3 Å². The Morgan fingerprint density at radius 2 is 1.90 bits per heavy atom. The average Bonchev–Trinajstić information content (AvgIpc) is 3.16. The van der Waals surface area contributed by atoms with E-state index in [1.165, 1.54) is 12.1 Å². The minimum Gasteiger partial charge on any atom is -0.364 e. The van der Waals surface area contributed by atoms with Crippen LogP contribution in [-0.2, 0) is 6.54 Å². The summed E-state index contributed by atoms with van der Waals surface area (Å²) in [6.07, 6.45) is 3.75. The largest absolute Gasteiger partial charge is 0.364 e. The molecular weight excluding hydrogens is 367 g/mol. The Morgan fingerprint density at radius 3 is 2.59 bits per heavy atom. The molecule has 0 aliphatic heterocycles. The van der Waals surface area contributed by atoms with Crippen LogP contribution in [-0.4, -0.2) is 20.4 Å². The number of nitrogens with two attached hydrogens (primary N) is 1. The quantitative estimate of drug-likeness (QED) is 0.547. The third-order valence-electron chi connectivity index (χ3n) is 4.90. The molecule has 2 N–H and O–H groups in total. The van der Waals surface area contributed by atoms with Gasteiger partial charge < -0.3 is 10.3 Å². The average molecular weight is 388 g/mol. The lowest BCUT2D eigenvalue weighted by molar-refractivity contribution is 0.0996. The van der Waals surface area contributed by atoms with Crippen LogP contribution in [0.2, 0.25) is 0 Å². The van der Waals surface area contributed by atoms with E-state index >= 15 is 0 Å². The summed E-state index contributed by atoms with van der Waals surface area (Å²) in [5, 5.41) is 0.875. The summed E-state index contributed by atoms with van der Waals surface area (Å²) in [6.45, 7) is 4.86. The minimum absolute atomic E-state index is 0.180. The Hall–Kier alpha value is -3.54. The number of rotatable bonds is 5. The van der Waals surface area contributed by atoms with Gasteiger partial charge in [-0.25, -0.2) is 14.4 Å². The number of aromatic nitrogens is 3. The predicted octanol–water partition coefficient (Wildman–Crippen LogP) is 4.51. The molecular formula is C23H21FN4O. The number of carbonyl (C=O) groups is 1. The van der Waals surface area contributed by atoms with Crippen molar-refractivity contribution >= 4 is 16.8 Å². The second kappa shape index (κ2) is 7.47. The fraction of sp³-hybridized carbons (Fsp3) is 0.174. The molecule has 0 spiro atoms. The van der Waals surface area contributed by atoms with E-state index in [-0.39, 0.29) is 11.5 Å². The van der Waals surface area contributed by atoms with Crippen molar-refractivity contribution in [3.8, 4) is 11.1 Å². The van der Waals surface area contributed by atoms with Crippen LogP contribution in [0.1, 0.15) is 41.6 Å². The van der Waals surface area contributed by atoms with Gasteiger partial charge in [0.05, 0.1) is 5.52 Å². The summed E-state index contributed by atoms with van der Waals surface area (Å²) in [7, 11) is 0. The Labute approximate surface area is 168 Å². The molecule has 0 aliphatic rings. The normalized spacial score (nSPS) is 11.3. The fourth-order valence-corrected chi connectivity index (χ4v) is 3.52. The molecule has 6 heteroatoms. The first-order valence-corrected chi connectivity index (χ1v) is 9.43. The molecule has 0 fully saturated rings. The van der Waals surface area contributed by atoms with E-state index in [1.807, 2.05) is 24.4 Å². The van der Waals surface area contributed by atoms with Crippen LogP contribution in [0.5, 0.6) is 0 Å². The molecule has 2 heterocycles. The van der Waals surface area contributed by atoms with Crippen molar-refractivity contribution in [2.45, 2.75) is 26.3 Å². The van der Waals surface area contributed by atoms with Crippen LogP contribution < -0.4 is 5.73 Å². The van der Waals surface area contributed by atoms with Crippen molar-refractivity contribution in [1.29, 1.82) is 0 Å². The van der Waals surface area contributed by atoms with E-state index < -0.39 is 5.91 Å². The van der Waals surface area contributed by atoms with E-state index in [0.29, 0.717) is 18.0 Å². The maximum absolute atomic E-state index is 13.4. The van der Waals surface area contributed by atoms with Crippen LogP contribution in [0.15, 0.2) is 60.9 Å². The Bertz CT molecular complexity index is 1200. The van der Waals surface area contributed by atoms with Crippen molar-refractivity contribution in [3.05, 3.63) is 83.8 Å². The highest BCUT2D eigenvalue weighted by molar-refractivity contribution is 6.00. The number of hydrogen-bond donors (Lipinski definition) is 1. The van der Waals surface area contributed by atoms with Crippen LogP contribution in [0.25, 0.3) is 22.0 Å². The van der Waals surface area contributed by atoms with Gasteiger partial charge >= 0.3 is 0 Å². The number of fused-ring (bicyclic) bond motifs is 1. The Morgan fingerprint density at radius 1 is 1.14 bits per heavy atom. The highest BCUT2D eigenvalue weighted by atomic mass is 19.1. The van der Waals surface area contributed by atoms with Gasteiger partial charge in [-0.1, -0.05) is 38.1 Å². The number of hydrogen-bond acceptors (Lipinski definition) is 3. The zero-order valence-electron chi connectivity index (χ0n) is 16.3. The van der Waals surface area contributed by atoms with Gasteiger partial charge in [0, 0.05) is 30.2 Å². The highest BCUT2D eigenvalue weighted by Crippen LogP contribution is 2.30. The zero-order valence-corrected chi connectivity index (χ0v) is 16.3. The maximum atomic E-state index is 13.4. The lowest BCUT2D eigenvalue weighted by Crippen LogP contribution is -2.13. The molecule has 1 amide bonds. The first kappa shape index (κ1) is 18.8. The van der Waals surface area contributed by atoms with Crippen LogP contribution >= 0.6 is 0 Å². The van der Waals surface area contributed by atoms with Gasteiger partial charge in [-0.15, -0.1) is 0 Å². The molecule has 4 rings (SSSR count). The molecule has 4 aromatic rings. The first-order valence-electron chi connectivity index (χ1n) is 9.43. The zero-order chi connectivity index (χ0) is 20.5. The summed E-state index contributed by atoms with van der Waals surface area (Å²) >= 11 is 0. The van der Waals surface area contributed by atoms with Crippen LogP contribution in [0.3, 0.4) is 0 Å². The number of pyridine rings is 1. The van der Waals surface area contributed by atoms with Crippen molar-refractivity contribution < 1.29 is 9.18 Å². The third-order valence-corrected chi connectivity index (χ3v) is 4.90. The minimum atomic E-state index is -0.600. The summed E-state index contributed by atoms with van der Waals surface area (Å²) in [6, 6.07) is 13.8. The Balaban J connectivity index is 1.82. The predicted molar refractivity (Wildman–Crippen MR) is 111 cm³/mol. The van der Waals surface area contributed by atoms with E-state index in [2.05, 4.69) is 28.4 Å². The third kappa shape index (κ3) is 3.74. The monoisotopic (exact) mass is 388 g/mol. The second-order valence-electron chi connectivity index (χ2n) is 7.35. The van der Waals surface area contributed by atoms with E-state index in [1.54, 1.807) is 24.4 Å². The van der Waals surface area contributed by atoms with Gasteiger partial charge in [0.2, 0.25) is 0 Å². The van der Waals surface area contributed by atoms with Gasteiger partial charge in [0.25, 0.3) is 5.91 Å². The second-order valence-corrected chi connectivity index (χ2v) is 7.35. The number of halogens is 1. The van der Waals surface area contributed by atoms with Gasteiger partial charge in [-0.3, -0.25) is 4.79 Å². The lowest BCUT2D eigenvalue weighted by Gasteiger charge is -2.13. The molecule has 0 aliphatic carbocycles. The van der Waals surface area contributed by atoms with E-state index in [4.69, 9.17) is 5.73 Å². The topological polar surface area (TPSA) is 73.8 Å². The Kier molecular flexibility index (Phi) is 4.84. The van der Waals surface area contributed by atoms with Gasteiger partial charge in [-0.2, -0.15) is 0 Å². The molecule has 0 radical (unpaired) electrons. The summed E-state index contributed by atoms with van der Waals surface area (Å²) < 4.78 is 15.5. The SMILES string of the molecule is CC(C)c1nccn1Cc1ccc2c(-c3ccc(F)cc3)cc(C(N)=O)nc2c1. The summed E-state index contributed by atoms with van der Waals surface area (Å²) in [4.78, 5) is 20.7. The number of nitrogens with zero attached hydrogens (tertiary/aromatic N) is 3. The lowest BCUT2D eigenvalue weighted by atomic mass is 9.98. The number of imidazole rings is 1.